The Morgan fingerprint density at radius 2 is 1.67 bits per heavy atom. The zero-order chi connectivity index (χ0) is 8.39. The minimum Gasteiger partial charge on any atom is -0.306 e. The molecular weight excluding hydrogens is 146 g/mol. The topological polar surface area (TPSA) is 3.24 Å². The molecule has 2 aliphatic rings. The molecule has 1 heteroatoms. The highest BCUT2D eigenvalue weighted by Crippen LogP contribution is 2.34. The van der Waals surface area contributed by atoms with Gasteiger partial charge in [0.25, 0.3) is 0 Å². The Labute approximate surface area is 76.1 Å². The molecule has 0 spiro atoms. The number of fused-ring (bicyclic) bond motifs is 1. The highest BCUT2D eigenvalue weighted by molar-refractivity contribution is 4.80. The Morgan fingerprint density at radius 3 is 2.50 bits per heavy atom. The van der Waals surface area contributed by atoms with Crippen LogP contribution in [0.5, 0.6) is 0 Å². The van der Waals surface area contributed by atoms with Gasteiger partial charge in [0.05, 0.1) is 0 Å². The van der Waals surface area contributed by atoms with Crippen molar-refractivity contribution in [1.29, 1.82) is 0 Å². The summed E-state index contributed by atoms with van der Waals surface area (Å²) in [6, 6.07) is 0. The van der Waals surface area contributed by atoms with Crippen molar-refractivity contribution in [3.05, 3.63) is 0 Å². The fourth-order valence-electron chi connectivity index (χ4n) is 2.96. The van der Waals surface area contributed by atoms with E-state index in [0.29, 0.717) is 0 Å². The predicted octanol–water partition coefficient (Wildman–Crippen LogP) is 2.52. The summed E-state index contributed by atoms with van der Waals surface area (Å²) in [5.74, 6) is 2.13. The van der Waals surface area contributed by atoms with Gasteiger partial charge in [0, 0.05) is 6.54 Å². The lowest BCUT2D eigenvalue weighted by atomic mass is 9.82. The second-order valence-corrected chi connectivity index (χ2v) is 4.71. The second-order valence-electron chi connectivity index (χ2n) is 4.71. The first-order valence-corrected chi connectivity index (χ1v) is 5.55. The molecule has 0 radical (unpaired) electrons. The lowest BCUT2D eigenvalue weighted by Gasteiger charge is -2.35. The monoisotopic (exact) mass is 167 g/mol. The van der Waals surface area contributed by atoms with E-state index in [1.165, 1.54) is 51.6 Å². The molecule has 0 aromatic heterocycles. The average molecular weight is 167 g/mol. The summed E-state index contributed by atoms with van der Waals surface area (Å²) in [6.45, 7) is 2.73. The van der Waals surface area contributed by atoms with Gasteiger partial charge in [0.2, 0.25) is 0 Å². The third-order valence-corrected chi connectivity index (χ3v) is 3.74. The van der Waals surface area contributed by atoms with E-state index in [9.17, 15) is 0 Å². The van der Waals surface area contributed by atoms with Crippen molar-refractivity contribution in [1.82, 2.24) is 4.90 Å². The lowest BCUT2D eigenvalue weighted by molar-refractivity contribution is 0.136. The molecule has 2 fully saturated rings. The first-order valence-electron chi connectivity index (χ1n) is 5.55. The maximum atomic E-state index is 2.52. The van der Waals surface area contributed by atoms with E-state index >= 15 is 0 Å². The zero-order valence-electron chi connectivity index (χ0n) is 8.26. The van der Waals surface area contributed by atoms with Crippen molar-refractivity contribution >= 4 is 0 Å². The van der Waals surface area contributed by atoms with Crippen LogP contribution < -0.4 is 0 Å². The minimum absolute atomic E-state index is 1.05. The maximum absolute atomic E-state index is 2.52. The third-order valence-electron chi connectivity index (χ3n) is 3.74. The molecule has 0 N–H and O–H groups in total. The van der Waals surface area contributed by atoms with Gasteiger partial charge in [0.15, 0.2) is 0 Å². The first kappa shape index (κ1) is 8.55. The SMILES string of the molecule is CN1CCC2CCCCCC2C1. The van der Waals surface area contributed by atoms with Crippen molar-refractivity contribution in [2.75, 3.05) is 20.1 Å². The van der Waals surface area contributed by atoms with Gasteiger partial charge in [-0.05, 0) is 38.3 Å². The van der Waals surface area contributed by atoms with E-state index < -0.39 is 0 Å². The number of rotatable bonds is 0. The van der Waals surface area contributed by atoms with Crippen molar-refractivity contribution in [2.24, 2.45) is 11.8 Å². The average Bonchev–Trinajstić information content (AvgIpc) is 2.28. The molecule has 1 nitrogen and oxygen atoms in total. The van der Waals surface area contributed by atoms with Crippen LogP contribution in [0.3, 0.4) is 0 Å². The molecule has 70 valence electrons. The van der Waals surface area contributed by atoms with E-state index in [0.717, 1.165) is 11.8 Å². The third kappa shape index (κ3) is 1.82. The predicted molar refractivity (Wildman–Crippen MR) is 52.2 cm³/mol. The quantitative estimate of drug-likeness (QED) is 0.536. The van der Waals surface area contributed by atoms with Crippen LogP contribution in [0.15, 0.2) is 0 Å². The van der Waals surface area contributed by atoms with Gasteiger partial charge in [-0.2, -0.15) is 0 Å². The molecule has 0 aromatic rings. The molecule has 2 rings (SSSR count). The minimum atomic E-state index is 1.05. The van der Waals surface area contributed by atoms with Gasteiger partial charge < -0.3 is 4.90 Å². The normalized spacial score (nSPS) is 38.8. The first-order chi connectivity index (χ1) is 5.86. The van der Waals surface area contributed by atoms with Gasteiger partial charge in [-0.25, -0.2) is 0 Å². The van der Waals surface area contributed by atoms with Crippen LogP contribution in [0.25, 0.3) is 0 Å². The molecular formula is C11H21N. The summed E-state index contributed by atoms with van der Waals surface area (Å²) >= 11 is 0. The molecule has 2 unspecified atom stereocenters. The number of hydrogen-bond acceptors (Lipinski definition) is 1. The van der Waals surface area contributed by atoms with Gasteiger partial charge >= 0.3 is 0 Å². The van der Waals surface area contributed by atoms with E-state index in [1.54, 1.807) is 0 Å². The summed E-state index contributed by atoms with van der Waals surface area (Å²) in [5, 5.41) is 0. The summed E-state index contributed by atoms with van der Waals surface area (Å²) in [6.07, 6.45) is 9.01. The van der Waals surface area contributed by atoms with Gasteiger partial charge in [-0.1, -0.05) is 25.7 Å². The Balaban J connectivity index is 1.94. The summed E-state index contributed by atoms with van der Waals surface area (Å²) in [4.78, 5) is 2.52. The summed E-state index contributed by atoms with van der Waals surface area (Å²) in [5.41, 5.74) is 0. The van der Waals surface area contributed by atoms with Crippen LogP contribution in [0, 0.1) is 11.8 Å². The molecule has 0 amide bonds. The number of likely N-dealkylation sites (tertiary alicyclic amines) is 1. The van der Waals surface area contributed by atoms with Crippen molar-refractivity contribution < 1.29 is 0 Å². The van der Waals surface area contributed by atoms with E-state index in [4.69, 9.17) is 0 Å². The fourth-order valence-corrected chi connectivity index (χ4v) is 2.96. The highest BCUT2D eigenvalue weighted by atomic mass is 15.1. The Hall–Kier alpha value is -0.0400. The zero-order valence-corrected chi connectivity index (χ0v) is 8.26. The van der Waals surface area contributed by atoms with Crippen LogP contribution in [0.1, 0.15) is 38.5 Å². The molecule has 0 aromatic carbocycles. The molecule has 0 bridgehead atoms. The Kier molecular flexibility index (Phi) is 2.69. The molecule has 1 heterocycles. The molecule has 12 heavy (non-hydrogen) atoms. The lowest BCUT2D eigenvalue weighted by Crippen LogP contribution is -2.37. The number of piperidine rings is 1. The van der Waals surface area contributed by atoms with Gasteiger partial charge in [-0.3, -0.25) is 0 Å². The van der Waals surface area contributed by atoms with E-state index in [2.05, 4.69) is 11.9 Å². The molecule has 2 atom stereocenters. The molecule has 1 aliphatic carbocycles. The Bertz CT molecular complexity index is 144. The Morgan fingerprint density at radius 1 is 0.917 bits per heavy atom. The van der Waals surface area contributed by atoms with Crippen molar-refractivity contribution in [3.63, 3.8) is 0 Å². The fraction of sp³-hybridized carbons (Fsp3) is 1.00. The van der Waals surface area contributed by atoms with Gasteiger partial charge in [-0.15, -0.1) is 0 Å². The molecule has 1 saturated heterocycles. The maximum Gasteiger partial charge on any atom is 0.000926 e. The standard InChI is InChI=1S/C11H21N/c1-12-8-7-10-5-3-2-4-6-11(10)9-12/h10-11H,2-9H2,1H3. The van der Waals surface area contributed by atoms with Crippen molar-refractivity contribution in [3.8, 4) is 0 Å². The summed E-state index contributed by atoms with van der Waals surface area (Å²) < 4.78 is 0. The van der Waals surface area contributed by atoms with Crippen molar-refractivity contribution in [2.45, 2.75) is 38.5 Å². The largest absolute Gasteiger partial charge is 0.306 e. The van der Waals surface area contributed by atoms with E-state index in [1.807, 2.05) is 0 Å². The number of nitrogens with zero attached hydrogens (tertiary/aromatic N) is 1. The second kappa shape index (κ2) is 3.78. The number of hydrogen-bond donors (Lipinski definition) is 0. The molecule has 1 saturated carbocycles. The summed E-state index contributed by atoms with van der Waals surface area (Å²) in [7, 11) is 2.28. The van der Waals surface area contributed by atoms with Crippen LogP contribution in [0.2, 0.25) is 0 Å². The van der Waals surface area contributed by atoms with Crippen LogP contribution in [0.4, 0.5) is 0 Å². The van der Waals surface area contributed by atoms with Gasteiger partial charge in [0.1, 0.15) is 0 Å². The molecule has 1 aliphatic heterocycles. The van der Waals surface area contributed by atoms with Crippen LogP contribution in [-0.2, 0) is 0 Å². The van der Waals surface area contributed by atoms with Crippen LogP contribution in [-0.4, -0.2) is 25.0 Å². The van der Waals surface area contributed by atoms with Crippen LogP contribution >= 0.6 is 0 Å². The smallest absolute Gasteiger partial charge is 0.000926 e. The highest BCUT2D eigenvalue weighted by Gasteiger charge is 2.28. The van der Waals surface area contributed by atoms with E-state index in [-0.39, 0.29) is 0 Å².